The largest absolute Gasteiger partial charge is 0.337 e. The van der Waals surface area contributed by atoms with Crippen molar-refractivity contribution in [3.8, 4) is 6.07 Å². The second kappa shape index (κ2) is 10.2. The number of carbonyl (C=O) groups is 1. The lowest BCUT2D eigenvalue weighted by Gasteiger charge is -2.22. The molecule has 0 N–H and O–H groups in total. The summed E-state index contributed by atoms with van der Waals surface area (Å²) in [5, 5.41) is 13.7. The number of amides is 1. The highest BCUT2D eigenvalue weighted by Gasteiger charge is 2.27. The van der Waals surface area contributed by atoms with Crippen LogP contribution in [0.25, 0.3) is 0 Å². The van der Waals surface area contributed by atoms with E-state index in [9.17, 15) is 9.18 Å². The van der Waals surface area contributed by atoms with E-state index in [1.165, 1.54) is 12.1 Å². The molecule has 1 amide bonds. The number of rotatable bonds is 5. The second-order valence-corrected chi connectivity index (χ2v) is 8.62. The van der Waals surface area contributed by atoms with Gasteiger partial charge in [0.15, 0.2) is 0 Å². The van der Waals surface area contributed by atoms with Gasteiger partial charge < -0.3 is 4.90 Å². The van der Waals surface area contributed by atoms with E-state index >= 15 is 0 Å². The van der Waals surface area contributed by atoms with Crippen LogP contribution in [0, 0.1) is 24.1 Å². The summed E-state index contributed by atoms with van der Waals surface area (Å²) < 4.78 is 14.8. The van der Waals surface area contributed by atoms with Gasteiger partial charge in [-0.05, 0) is 48.7 Å². The molecule has 33 heavy (non-hydrogen) atoms. The van der Waals surface area contributed by atoms with E-state index < -0.39 is 0 Å². The van der Waals surface area contributed by atoms with Crippen LogP contribution in [0.1, 0.15) is 39.2 Å². The molecule has 2 aromatic carbocycles. The van der Waals surface area contributed by atoms with Crippen LogP contribution in [0.3, 0.4) is 0 Å². The molecule has 0 atom stereocenters. The van der Waals surface area contributed by atoms with Gasteiger partial charge in [0.25, 0.3) is 5.91 Å². The van der Waals surface area contributed by atoms with Crippen molar-refractivity contribution in [2.75, 3.05) is 26.2 Å². The van der Waals surface area contributed by atoms with E-state index in [1.54, 1.807) is 23.7 Å². The smallest absolute Gasteiger partial charge is 0.258 e. The molecule has 0 aliphatic carbocycles. The number of halogens is 2. The monoisotopic (exact) mass is 465 g/mol. The van der Waals surface area contributed by atoms with Crippen LogP contribution >= 0.6 is 11.6 Å². The van der Waals surface area contributed by atoms with Crippen LogP contribution in [0.4, 0.5) is 4.39 Å². The lowest BCUT2D eigenvalue weighted by molar-refractivity contribution is 0.0760. The third-order valence-corrected chi connectivity index (χ3v) is 6.27. The summed E-state index contributed by atoms with van der Waals surface area (Å²) in [7, 11) is 0. The van der Waals surface area contributed by atoms with Crippen LogP contribution < -0.4 is 0 Å². The molecular formula is C25H25ClFN5O. The highest BCUT2D eigenvalue weighted by molar-refractivity contribution is 6.33. The molecule has 1 aliphatic rings. The van der Waals surface area contributed by atoms with Gasteiger partial charge in [0.1, 0.15) is 11.0 Å². The molecule has 0 saturated carbocycles. The van der Waals surface area contributed by atoms with Crippen LogP contribution in [-0.2, 0) is 13.1 Å². The molecule has 0 bridgehead atoms. The van der Waals surface area contributed by atoms with Crippen molar-refractivity contribution in [3.05, 3.63) is 87.4 Å². The van der Waals surface area contributed by atoms with E-state index in [2.05, 4.69) is 16.1 Å². The first-order chi connectivity index (χ1) is 15.9. The molecule has 3 aromatic rings. The zero-order valence-corrected chi connectivity index (χ0v) is 19.2. The zero-order chi connectivity index (χ0) is 23.4. The third-order valence-electron chi connectivity index (χ3n) is 5.89. The third kappa shape index (κ3) is 5.41. The summed E-state index contributed by atoms with van der Waals surface area (Å²) in [5.41, 5.74) is 3.67. The Labute approximate surface area is 197 Å². The number of benzene rings is 2. The summed E-state index contributed by atoms with van der Waals surface area (Å²) in [5.74, 6) is -0.408. The lowest BCUT2D eigenvalue weighted by Crippen LogP contribution is -2.35. The Morgan fingerprint density at radius 1 is 1.03 bits per heavy atom. The maximum atomic E-state index is 13.3. The lowest BCUT2D eigenvalue weighted by atomic mass is 10.1. The van der Waals surface area contributed by atoms with Gasteiger partial charge in [0.05, 0.1) is 29.4 Å². The Morgan fingerprint density at radius 2 is 1.70 bits per heavy atom. The Bertz CT molecular complexity index is 1170. The number of carbonyl (C=O) groups excluding carboxylic acids is 1. The van der Waals surface area contributed by atoms with Gasteiger partial charge >= 0.3 is 0 Å². The summed E-state index contributed by atoms with van der Waals surface area (Å²) in [4.78, 5) is 17.5. The first kappa shape index (κ1) is 23.0. The van der Waals surface area contributed by atoms with Crippen molar-refractivity contribution >= 4 is 17.5 Å². The highest BCUT2D eigenvalue weighted by Crippen LogP contribution is 2.24. The van der Waals surface area contributed by atoms with Crippen molar-refractivity contribution in [1.82, 2.24) is 19.6 Å². The summed E-state index contributed by atoms with van der Waals surface area (Å²) >= 11 is 6.57. The average Bonchev–Trinajstić information content (AvgIpc) is 2.96. The van der Waals surface area contributed by atoms with E-state index in [-0.39, 0.29) is 11.7 Å². The molecule has 1 aliphatic heterocycles. The maximum Gasteiger partial charge on any atom is 0.258 e. The van der Waals surface area contributed by atoms with Crippen molar-refractivity contribution < 1.29 is 9.18 Å². The predicted octanol–water partition coefficient (Wildman–Crippen LogP) is 4.25. The quantitative estimate of drug-likeness (QED) is 0.565. The first-order valence-electron chi connectivity index (χ1n) is 10.9. The zero-order valence-electron chi connectivity index (χ0n) is 18.5. The number of nitrogens with zero attached hydrogens (tertiary/aromatic N) is 5. The number of hydrogen-bond acceptors (Lipinski definition) is 4. The molecule has 4 rings (SSSR count). The Balaban J connectivity index is 1.42. The van der Waals surface area contributed by atoms with Crippen molar-refractivity contribution in [1.29, 1.82) is 5.26 Å². The fraction of sp³-hybridized carbons (Fsp3) is 0.320. The molecule has 2 heterocycles. The minimum atomic E-state index is -0.299. The highest BCUT2D eigenvalue weighted by atomic mass is 35.5. The van der Waals surface area contributed by atoms with E-state index in [0.29, 0.717) is 41.6 Å². The molecule has 8 heteroatoms. The van der Waals surface area contributed by atoms with Gasteiger partial charge in [-0.3, -0.25) is 9.69 Å². The van der Waals surface area contributed by atoms with Crippen LogP contribution in [0.2, 0.25) is 5.15 Å². The molecule has 0 radical (unpaired) electrons. The van der Waals surface area contributed by atoms with Gasteiger partial charge in [0, 0.05) is 32.7 Å². The Morgan fingerprint density at radius 3 is 2.39 bits per heavy atom. The summed E-state index contributed by atoms with van der Waals surface area (Å²) in [6, 6.07) is 15.9. The van der Waals surface area contributed by atoms with Gasteiger partial charge in [-0.2, -0.15) is 10.4 Å². The number of nitriles is 1. The Kier molecular flexibility index (Phi) is 7.07. The Hall–Kier alpha value is -3.21. The number of hydrogen-bond donors (Lipinski definition) is 0. The molecule has 1 saturated heterocycles. The van der Waals surface area contributed by atoms with Gasteiger partial charge in [0.2, 0.25) is 0 Å². The SMILES string of the molecule is Cc1nn(Cc2ccc(F)cc2)c(Cl)c1C(=O)N1CCCN(Cc2ccc(C#N)cc2)CC1. The molecule has 1 fully saturated rings. The van der Waals surface area contributed by atoms with E-state index in [1.807, 2.05) is 29.2 Å². The molecular weight excluding hydrogens is 441 g/mol. The fourth-order valence-electron chi connectivity index (χ4n) is 4.10. The maximum absolute atomic E-state index is 13.3. The average molecular weight is 466 g/mol. The van der Waals surface area contributed by atoms with Gasteiger partial charge in [-0.15, -0.1) is 0 Å². The number of aromatic nitrogens is 2. The van der Waals surface area contributed by atoms with Crippen molar-refractivity contribution in [2.45, 2.75) is 26.4 Å². The van der Waals surface area contributed by atoms with E-state index in [0.717, 1.165) is 37.2 Å². The molecule has 6 nitrogen and oxygen atoms in total. The summed E-state index contributed by atoms with van der Waals surface area (Å²) in [6.45, 7) is 5.84. The molecule has 1 aromatic heterocycles. The standard InChI is InChI=1S/C25H25ClFN5O/c1-18-23(24(26)32(29-18)17-21-7-9-22(27)10-8-21)25(33)31-12-2-11-30(13-14-31)16-20-5-3-19(15-28)4-6-20/h3-10H,2,11-14,16-17H2,1H3. The second-order valence-electron chi connectivity index (χ2n) is 8.27. The van der Waals surface area contributed by atoms with Crippen LogP contribution in [-0.4, -0.2) is 51.7 Å². The fourth-order valence-corrected chi connectivity index (χ4v) is 4.41. The van der Waals surface area contributed by atoms with E-state index in [4.69, 9.17) is 16.9 Å². The number of aryl methyl sites for hydroxylation is 1. The van der Waals surface area contributed by atoms with Gasteiger partial charge in [-0.1, -0.05) is 35.9 Å². The predicted molar refractivity (Wildman–Crippen MR) is 124 cm³/mol. The van der Waals surface area contributed by atoms with Crippen LogP contribution in [0.15, 0.2) is 48.5 Å². The molecule has 0 spiro atoms. The first-order valence-corrected chi connectivity index (χ1v) is 11.3. The minimum absolute atomic E-state index is 0.108. The summed E-state index contributed by atoms with van der Waals surface area (Å²) in [6.07, 6.45) is 0.863. The molecule has 0 unspecified atom stereocenters. The van der Waals surface area contributed by atoms with Gasteiger partial charge in [-0.25, -0.2) is 9.07 Å². The molecule has 170 valence electrons. The topological polar surface area (TPSA) is 65.2 Å². The normalized spacial score (nSPS) is 14.7. The minimum Gasteiger partial charge on any atom is -0.337 e. The van der Waals surface area contributed by atoms with Crippen molar-refractivity contribution in [3.63, 3.8) is 0 Å². The van der Waals surface area contributed by atoms with Crippen LogP contribution in [0.5, 0.6) is 0 Å². The van der Waals surface area contributed by atoms with Crippen molar-refractivity contribution in [2.24, 2.45) is 0 Å².